The van der Waals surface area contributed by atoms with Gasteiger partial charge in [0.05, 0.1) is 0 Å². The molecule has 154 valence electrons. The molecule has 2 N–H and O–H groups in total. The molecule has 0 bridgehead atoms. The van der Waals surface area contributed by atoms with Crippen LogP contribution < -0.4 is 10.6 Å². The lowest BCUT2D eigenvalue weighted by Gasteiger charge is -2.32. The van der Waals surface area contributed by atoms with E-state index in [1.54, 1.807) is 37.3 Å². The molecule has 1 atom stereocenters. The summed E-state index contributed by atoms with van der Waals surface area (Å²) < 4.78 is 0. The molecule has 0 radical (unpaired) electrons. The third-order valence-electron chi connectivity index (χ3n) is 5.08. The molecular weight excluding hydrogens is 437 g/mol. The average molecular weight is 457 g/mol. The van der Waals surface area contributed by atoms with E-state index in [0.717, 1.165) is 4.90 Å². The number of carbonyl (C=O) groups excluding carboxylic acids is 3. The molecule has 1 aliphatic carbocycles. The van der Waals surface area contributed by atoms with Crippen molar-refractivity contribution in [2.24, 2.45) is 0 Å². The van der Waals surface area contributed by atoms with Gasteiger partial charge in [0.25, 0.3) is 0 Å². The number of allylic oxidation sites excluding steroid dienone is 4. The van der Waals surface area contributed by atoms with E-state index in [-0.39, 0.29) is 19.4 Å². The Hall–Kier alpha value is -2.02. The summed E-state index contributed by atoms with van der Waals surface area (Å²) in [6.45, 7) is 1.74. The van der Waals surface area contributed by atoms with Gasteiger partial charge in [-0.05, 0) is 56.0 Å². The van der Waals surface area contributed by atoms with Crippen molar-refractivity contribution in [3.63, 3.8) is 0 Å². The van der Waals surface area contributed by atoms with E-state index in [4.69, 9.17) is 34.8 Å². The standard InChI is InChI=1S/C20H20Cl3N3O3/c1-20(18(28)24-11-12-2-3-14(22)10-16(12)23)9-8-17(27)26(20)19(29)25-15-6-4-13(21)5-7-15/h2-4,6,10H,5,7-9,11H2,1H3,(H,24,28)(H,25,29). The number of hydrogen-bond donors (Lipinski definition) is 2. The van der Waals surface area contributed by atoms with E-state index in [0.29, 0.717) is 39.2 Å². The molecule has 1 heterocycles. The fourth-order valence-corrected chi connectivity index (χ4v) is 3.97. The highest BCUT2D eigenvalue weighted by Crippen LogP contribution is 2.31. The van der Waals surface area contributed by atoms with Crippen molar-refractivity contribution in [1.82, 2.24) is 15.5 Å². The van der Waals surface area contributed by atoms with Crippen molar-refractivity contribution in [3.05, 3.63) is 56.7 Å². The third kappa shape index (κ3) is 4.77. The van der Waals surface area contributed by atoms with E-state index in [1.165, 1.54) is 0 Å². The first kappa shape index (κ1) is 21.7. The van der Waals surface area contributed by atoms with E-state index in [1.807, 2.05) is 0 Å². The van der Waals surface area contributed by atoms with Crippen molar-refractivity contribution in [2.45, 2.75) is 44.7 Å². The van der Waals surface area contributed by atoms with Gasteiger partial charge in [-0.25, -0.2) is 9.69 Å². The van der Waals surface area contributed by atoms with Crippen LogP contribution in [0.1, 0.15) is 38.2 Å². The molecule has 1 saturated heterocycles. The molecule has 1 unspecified atom stereocenters. The second-order valence-corrected chi connectivity index (χ2v) is 8.49. The predicted molar refractivity (Wildman–Crippen MR) is 113 cm³/mol. The highest BCUT2D eigenvalue weighted by molar-refractivity contribution is 6.35. The van der Waals surface area contributed by atoms with Crippen LogP contribution in [0.2, 0.25) is 10.0 Å². The summed E-state index contributed by atoms with van der Waals surface area (Å²) in [7, 11) is 0. The first-order valence-electron chi connectivity index (χ1n) is 9.12. The predicted octanol–water partition coefficient (Wildman–Crippen LogP) is 4.50. The monoisotopic (exact) mass is 455 g/mol. The van der Waals surface area contributed by atoms with Gasteiger partial charge in [-0.15, -0.1) is 0 Å². The number of nitrogens with zero attached hydrogens (tertiary/aromatic N) is 1. The zero-order valence-corrected chi connectivity index (χ0v) is 18.0. The van der Waals surface area contributed by atoms with Crippen molar-refractivity contribution >= 4 is 52.6 Å². The molecule has 1 aromatic rings. The van der Waals surface area contributed by atoms with E-state index in [2.05, 4.69) is 10.6 Å². The van der Waals surface area contributed by atoms with Crippen molar-refractivity contribution < 1.29 is 14.4 Å². The molecule has 3 rings (SSSR count). The normalized spacial score (nSPS) is 21.5. The summed E-state index contributed by atoms with van der Waals surface area (Å²) in [5.74, 6) is -0.820. The fourth-order valence-electron chi connectivity index (χ4n) is 3.34. The molecule has 29 heavy (non-hydrogen) atoms. The SMILES string of the molecule is CC1(C(=O)NCc2ccc(Cl)cc2Cl)CCC(=O)N1C(=O)NC1=CC=C(Cl)CC1. The van der Waals surface area contributed by atoms with Crippen molar-refractivity contribution in [2.75, 3.05) is 0 Å². The number of amides is 4. The summed E-state index contributed by atoms with van der Waals surface area (Å²) >= 11 is 18.0. The molecule has 4 amide bonds. The van der Waals surface area contributed by atoms with E-state index in [9.17, 15) is 14.4 Å². The lowest BCUT2D eigenvalue weighted by Crippen LogP contribution is -2.58. The Labute approximate surface area is 183 Å². The average Bonchev–Trinajstić information content (AvgIpc) is 2.98. The van der Waals surface area contributed by atoms with Crippen LogP contribution in [-0.4, -0.2) is 28.3 Å². The third-order valence-corrected chi connectivity index (χ3v) is 5.98. The summed E-state index contributed by atoms with van der Waals surface area (Å²) in [5, 5.41) is 7.11. The number of halogens is 3. The molecule has 9 heteroatoms. The van der Waals surface area contributed by atoms with Crippen LogP contribution in [0.3, 0.4) is 0 Å². The van der Waals surface area contributed by atoms with Gasteiger partial charge in [0.1, 0.15) is 5.54 Å². The number of rotatable bonds is 4. The summed E-state index contributed by atoms with van der Waals surface area (Å²) in [6, 6.07) is 4.36. The number of nitrogens with one attached hydrogen (secondary N) is 2. The number of likely N-dealkylation sites (tertiary alicyclic amines) is 1. The zero-order valence-electron chi connectivity index (χ0n) is 15.7. The minimum Gasteiger partial charge on any atom is -0.350 e. The Morgan fingerprint density at radius 3 is 2.55 bits per heavy atom. The summed E-state index contributed by atoms with van der Waals surface area (Å²) in [5.41, 5.74) is 0.0437. The first-order valence-corrected chi connectivity index (χ1v) is 10.3. The fraction of sp³-hybridized carbons (Fsp3) is 0.350. The second kappa shape index (κ2) is 8.78. The van der Waals surface area contributed by atoms with Gasteiger partial charge in [-0.3, -0.25) is 9.59 Å². The van der Waals surface area contributed by atoms with Gasteiger partial charge in [0.2, 0.25) is 11.8 Å². The van der Waals surface area contributed by atoms with Gasteiger partial charge >= 0.3 is 6.03 Å². The molecule has 1 aliphatic heterocycles. The maximum Gasteiger partial charge on any atom is 0.329 e. The molecule has 0 aromatic heterocycles. The Morgan fingerprint density at radius 1 is 1.14 bits per heavy atom. The van der Waals surface area contributed by atoms with Crippen LogP contribution >= 0.6 is 34.8 Å². The number of hydrogen-bond acceptors (Lipinski definition) is 3. The summed E-state index contributed by atoms with van der Waals surface area (Å²) in [6.07, 6.45) is 4.93. The lowest BCUT2D eigenvalue weighted by atomic mass is 9.97. The number of benzene rings is 1. The van der Waals surface area contributed by atoms with Crippen LogP contribution in [0, 0.1) is 0 Å². The van der Waals surface area contributed by atoms with Gasteiger partial charge in [0, 0.05) is 33.7 Å². The van der Waals surface area contributed by atoms with Crippen LogP contribution in [0.25, 0.3) is 0 Å². The minimum atomic E-state index is -1.29. The molecule has 1 aromatic carbocycles. The van der Waals surface area contributed by atoms with Gasteiger partial charge in [0.15, 0.2) is 0 Å². The lowest BCUT2D eigenvalue weighted by molar-refractivity contribution is -0.137. The minimum absolute atomic E-state index is 0.115. The molecule has 2 aliphatic rings. The van der Waals surface area contributed by atoms with Crippen LogP contribution in [0.15, 0.2) is 41.1 Å². The van der Waals surface area contributed by atoms with Crippen molar-refractivity contribution in [1.29, 1.82) is 0 Å². The number of imide groups is 1. The van der Waals surface area contributed by atoms with Crippen LogP contribution in [0.5, 0.6) is 0 Å². The number of urea groups is 1. The molecule has 0 spiro atoms. The van der Waals surface area contributed by atoms with Gasteiger partial charge in [-0.2, -0.15) is 0 Å². The van der Waals surface area contributed by atoms with Crippen LogP contribution in [-0.2, 0) is 16.1 Å². The number of carbonyl (C=O) groups is 3. The maximum absolute atomic E-state index is 12.9. The summed E-state index contributed by atoms with van der Waals surface area (Å²) in [4.78, 5) is 39.1. The Bertz CT molecular complexity index is 929. The largest absolute Gasteiger partial charge is 0.350 e. The molecule has 0 saturated carbocycles. The van der Waals surface area contributed by atoms with Gasteiger partial charge in [-0.1, -0.05) is 40.9 Å². The van der Waals surface area contributed by atoms with E-state index >= 15 is 0 Å². The molecular formula is C20H20Cl3N3O3. The van der Waals surface area contributed by atoms with Gasteiger partial charge < -0.3 is 10.6 Å². The zero-order chi connectivity index (χ0) is 21.2. The van der Waals surface area contributed by atoms with Crippen molar-refractivity contribution in [3.8, 4) is 0 Å². The van der Waals surface area contributed by atoms with E-state index < -0.39 is 23.4 Å². The Kier molecular flexibility index (Phi) is 6.56. The smallest absolute Gasteiger partial charge is 0.329 e. The first-order chi connectivity index (χ1) is 13.7. The maximum atomic E-state index is 12.9. The molecule has 1 fully saturated rings. The Balaban J connectivity index is 1.71. The highest BCUT2D eigenvalue weighted by atomic mass is 35.5. The van der Waals surface area contributed by atoms with Crippen LogP contribution in [0.4, 0.5) is 4.79 Å². The quantitative estimate of drug-likeness (QED) is 0.700. The topological polar surface area (TPSA) is 78.5 Å². The molecule has 6 nitrogen and oxygen atoms in total. The second-order valence-electron chi connectivity index (χ2n) is 7.16. The Morgan fingerprint density at radius 2 is 1.90 bits per heavy atom. The highest BCUT2D eigenvalue weighted by Gasteiger charge is 2.50.